The summed E-state index contributed by atoms with van der Waals surface area (Å²) in [4.78, 5) is 0. The van der Waals surface area contributed by atoms with Gasteiger partial charge in [0.25, 0.3) is 0 Å². The number of hydrogen-bond acceptors (Lipinski definition) is 0. The van der Waals surface area contributed by atoms with Gasteiger partial charge >= 0.3 is 83.0 Å². The molecule has 0 aliphatic heterocycles. The predicted molar refractivity (Wildman–Crippen MR) is 66.7 cm³/mol. The molecule has 0 aromatic rings. The van der Waals surface area contributed by atoms with E-state index in [9.17, 15) is 0 Å². The number of halogens is 2. The Hall–Kier alpha value is 0.627. The van der Waals surface area contributed by atoms with Crippen LogP contribution in [-0.4, -0.2) is 6.94 Å². The van der Waals surface area contributed by atoms with Crippen LogP contribution in [0.2, 0.25) is 0 Å². The summed E-state index contributed by atoms with van der Waals surface area (Å²) in [5, 5.41) is 0. The summed E-state index contributed by atoms with van der Waals surface area (Å²) < 4.78 is 3.57. The Balaban J connectivity index is 0.000000845. The fraction of sp³-hybridized carbons (Fsp3) is 0.200. The minimum atomic E-state index is -1.41. The summed E-state index contributed by atoms with van der Waals surface area (Å²) in [6.07, 6.45) is 16.2. The van der Waals surface area contributed by atoms with Crippen molar-refractivity contribution in [2.75, 3.05) is 0 Å². The van der Waals surface area contributed by atoms with E-state index in [0.717, 1.165) is 0 Å². The maximum atomic E-state index is 2.36. The van der Waals surface area contributed by atoms with Crippen molar-refractivity contribution in [3.63, 3.8) is 0 Å². The fourth-order valence-corrected chi connectivity index (χ4v) is 12.1. The molecule has 0 fully saturated rings. The molecule has 0 saturated heterocycles. The molecule has 0 N–H and O–H groups in total. The molecule has 14 heavy (non-hydrogen) atoms. The van der Waals surface area contributed by atoms with E-state index in [1.807, 2.05) is 0 Å². The van der Waals surface area contributed by atoms with Gasteiger partial charge in [-0.25, -0.2) is 0 Å². The van der Waals surface area contributed by atoms with E-state index < -0.39 is 20.1 Å². The molecule has 2 aliphatic rings. The Morgan fingerprint density at radius 1 is 0.929 bits per heavy atom. The van der Waals surface area contributed by atoms with Gasteiger partial charge in [-0.15, -0.1) is 24.8 Å². The fourth-order valence-electron chi connectivity index (χ4n) is 1.55. The number of hydrogen-bond donors (Lipinski definition) is 0. The summed E-state index contributed by atoms with van der Waals surface area (Å²) in [6.45, 7) is 2.31. The van der Waals surface area contributed by atoms with Gasteiger partial charge in [-0.1, -0.05) is 0 Å². The Kier molecular flexibility index (Phi) is 7.31. The standard InChI is InChI=1S/2C5H5.2ClH.Hf.H2Si/c2*1-2-4-5-3-1;;;;/h2*1-3H,4H2;2*1H;;1H2. The molecule has 0 atom stereocenters. The predicted octanol–water partition coefficient (Wildman–Crippen LogP) is 2.68. The topological polar surface area (TPSA) is 0 Å². The summed E-state index contributed by atoms with van der Waals surface area (Å²) in [5.74, 6) is 0. The van der Waals surface area contributed by atoms with Crippen molar-refractivity contribution < 1.29 is 20.1 Å². The molecule has 0 saturated carbocycles. The molecule has 76 valence electrons. The molecule has 0 spiro atoms. The monoisotopic (exact) mass is 412 g/mol. The summed E-state index contributed by atoms with van der Waals surface area (Å²) in [7, 11) is 0. The second-order valence-electron chi connectivity index (χ2n) is 3.13. The van der Waals surface area contributed by atoms with E-state index in [4.69, 9.17) is 0 Å². The van der Waals surface area contributed by atoms with E-state index in [-0.39, 0.29) is 24.8 Å². The first kappa shape index (κ1) is 14.6. The molecule has 2 rings (SSSR count). The molecule has 0 amide bonds. The van der Waals surface area contributed by atoms with Gasteiger partial charge < -0.3 is 0 Å². The van der Waals surface area contributed by atoms with Crippen LogP contribution in [0.3, 0.4) is 0 Å². The van der Waals surface area contributed by atoms with E-state index in [1.54, 1.807) is 6.66 Å². The SMILES string of the molecule is Cl.Cl.[SiH2]=[Hf]([C]1=CC=CC1)[C]1=CC=CC1. The van der Waals surface area contributed by atoms with Crippen LogP contribution in [0.4, 0.5) is 0 Å². The molecule has 0 bridgehead atoms. The molecular weight excluding hydrogens is 398 g/mol. The molecular formula is C10H14Cl2HfSi. The molecule has 0 unspecified atom stereocenters. The molecule has 0 aromatic heterocycles. The van der Waals surface area contributed by atoms with Crippen LogP contribution in [-0.2, 0) is 20.1 Å². The van der Waals surface area contributed by atoms with Crippen LogP contribution in [0.5, 0.6) is 0 Å². The number of allylic oxidation sites excluding steroid dienone is 8. The van der Waals surface area contributed by atoms with Crippen molar-refractivity contribution in [2.24, 2.45) is 0 Å². The summed E-state index contributed by atoms with van der Waals surface area (Å²) in [6, 6.07) is 0. The van der Waals surface area contributed by atoms with Crippen LogP contribution in [0.1, 0.15) is 12.8 Å². The second-order valence-corrected chi connectivity index (χ2v) is 17.0. The zero-order valence-corrected chi connectivity index (χ0v) is 14.5. The Morgan fingerprint density at radius 3 is 1.64 bits per heavy atom. The third-order valence-corrected chi connectivity index (χ3v) is 18.0. The number of rotatable bonds is 2. The van der Waals surface area contributed by atoms with Crippen molar-refractivity contribution in [1.82, 2.24) is 0 Å². The van der Waals surface area contributed by atoms with Crippen LogP contribution in [0.25, 0.3) is 0 Å². The van der Waals surface area contributed by atoms with Crippen molar-refractivity contribution in [3.05, 3.63) is 43.1 Å². The van der Waals surface area contributed by atoms with Gasteiger partial charge in [-0.3, -0.25) is 0 Å². The van der Waals surface area contributed by atoms with Gasteiger partial charge in [0.15, 0.2) is 0 Å². The second kappa shape index (κ2) is 6.99. The van der Waals surface area contributed by atoms with Crippen LogP contribution < -0.4 is 0 Å². The van der Waals surface area contributed by atoms with Crippen molar-refractivity contribution in [3.8, 4) is 0 Å². The minimum absolute atomic E-state index is 0. The summed E-state index contributed by atoms with van der Waals surface area (Å²) >= 11 is -1.41. The van der Waals surface area contributed by atoms with Gasteiger partial charge in [0, 0.05) is 0 Å². The van der Waals surface area contributed by atoms with Crippen LogP contribution >= 0.6 is 24.8 Å². The Morgan fingerprint density at radius 2 is 1.36 bits per heavy atom. The van der Waals surface area contributed by atoms with Crippen LogP contribution in [0, 0.1) is 0 Å². The van der Waals surface area contributed by atoms with Gasteiger partial charge in [-0.05, 0) is 0 Å². The summed E-state index contributed by atoms with van der Waals surface area (Å²) in [5.41, 5.74) is 0. The van der Waals surface area contributed by atoms with E-state index in [1.165, 1.54) is 12.8 Å². The Labute approximate surface area is 107 Å². The maximum absolute atomic E-state index is 2.36. The van der Waals surface area contributed by atoms with E-state index >= 15 is 0 Å². The van der Waals surface area contributed by atoms with Gasteiger partial charge in [0.1, 0.15) is 0 Å². The quantitative estimate of drug-likeness (QED) is 0.613. The van der Waals surface area contributed by atoms with Gasteiger partial charge in [0.2, 0.25) is 0 Å². The zero-order valence-electron chi connectivity index (χ0n) is 7.90. The van der Waals surface area contributed by atoms with E-state index in [2.05, 4.69) is 43.4 Å². The Bertz CT molecular complexity index is 308. The normalized spacial score (nSPS) is 16.9. The van der Waals surface area contributed by atoms with Crippen LogP contribution in [0.15, 0.2) is 43.1 Å². The van der Waals surface area contributed by atoms with E-state index in [0.29, 0.717) is 0 Å². The molecule has 0 radical (unpaired) electrons. The molecule has 0 heterocycles. The first-order chi connectivity index (χ1) is 5.88. The molecule has 0 nitrogen and oxygen atoms in total. The molecule has 0 aromatic carbocycles. The van der Waals surface area contributed by atoms with Crippen molar-refractivity contribution in [2.45, 2.75) is 12.8 Å². The average molecular weight is 412 g/mol. The third-order valence-electron chi connectivity index (χ3n) is 2.32. The zero-order chi connectivity index (χ0) is 8.39. The first-order valence-electron chi connectivity index (χ1n) is 4.29. The molecule has 4 heteroatoms. The van der Waals surface area contributed by atoms with Crippen molar-refractivity contribution >= 4 is 31.8 Å². The molecule has 2 aliphatic carbocycles. The third kappa shape index (κ3) is 3.33. The average Bonchev–Trinajstić information content (AvgIpc) is 2.77. The van der Waals surface area contributed by atoms with Crippen molar-refractivity contribution in [1.29, 1.82) is 0 Å². The van der Waals surface area contributed by atoms with Gasteiger partial charge in [0.05, 0.1) is 0 Å². The van der Waals surface area contributed by atoms with Gasteiger partial charge in [-0.2, -0.15) is 0 Å². The first-order valence-corrected chi connectivity index (χ1v) is 16.2.